The van der Waals surface area contributed by atoms with E-state index < -0.39 is 0 Å². The van der Waals surface area contributed by atoms with E-state index in [1.807, 2.05) is 18.2 Å². The minimum absolute atomic E-state index is 0.349. The molecule has 1 heterocycles. The lowest BCUT2D eigenvalue weighted by molar-refractivity contribution is 0.286. The molecule has 3 heteroatoms. The Kier molecular flexibility index (Phi) is 3.96. The Balaban J connectivity index is 2.00. The highest BCUT2D eigenvalue weighted by atomic mass is 35.5. The fourth-order valence-corrected chi connectivity index (χ4v) is 1.74. The number of ether oxygens (including phenoxy) is 2. The van der Waals surface area contributed by atoms with Crippen molar-refractivity contribution in [1.82, 2.24) is 0 Å². The van der Waals surface area contributed by atoms with Crippen LogP contribution < -0.4 is 9.47 Å². The minimum atomic E-state index is 0.349. The normalized spacial score (nSPS) is 13.1. The van der Waals surface area contributed by atoms with Crippen LogP contribution in [0.15, 0.2) is 18.2 Å². The fourth-order valence-electron chi connectivity index (χ4n) is 1.64. The number of halogens is 1. The Labute approximate surface area is 101 Å². The fraction of sp³-hybridized carbons (Fsp3) is 0.385. The number of hydrogen-bond acceptors (Lipinski definition) is 2. The van der Waals surface area contributed by atoms with Gasteiger partial charge in [-0.1, -0.05) is 11.8 Å². The van der Waals surface area contributed by atoms with Gasteiger partial charge in [0, 0.05) is 0 Å². The molecule has 0 atom stereocenters. The van der Waals surface area contributed by atoms with Crippen molar-refractivity contribution in [1.29, 1.82) is 0 Å². The van der Waals surface area contributed by atoms with Gasteiger partial charge in [0.25, 0.3) is 0 Å². The van der Waals surface area contributed by atoms with Crippen LogP contribution in [0.3, 0.4) is 0 Å². The second kappa shape index (κ2) is 5.67. The average Bonchev–Trinajstić information content (AvgIpc) is 2.34. The number of fused-ring (bicyclic) bond motifs is 1. The van der Waals surface area contributed by atoms with Gasteiger partial charge in [-0.05, 0) is 36.6 Å². The standard InChI is InChI=1S/C13H13ClO2/c14-7-1-2-8-15-12-5-6-13-11(10-12)4-3-9-16-13/h5-6,10H,3-4,7-9H2. The maximum absolute atomic E-state index is 5.52. The summed E-state index contributed by atoms with van der Waals surface area (Å²) in [5, 5.41) is 0. The summed E-state index contributed by atoms with van der Waals surface area (Å²) >= 11 is 5.43. The number of rotatable bonds is 2. The molecule has 0 unspecified atom stereocenters. The lowest BCUT2D eigenvalue weighted by atomic mass is 10.1. The number of aryl methyl sites for hydroxylation is 1. The third-order valence-electron chi connectivity index (χ3n) is 2.38. The van der Waals surface area contributed by atoms with Crippen LogP contribution >= 0.6 is 11.6 Å². The van der Waals surface area contributed by atoms with E-state index in [2.05, 4.69) is 11.8 Å². The Morgan fingerprint density at radius 1 is 1.38 bits per heavy atom. The summed E-state index contributed by atoms with van der Waals surface area (Å²) in [5.41, 5.74) is 1.22. The molecule has 0 N–H and O–H groups in total. The first-order valence-corrected chi connectivity index (χ1v) is 5.84. The molecule has 0 fully saturated rings. The van der Waals surface area contributed by atoms with Crippen LogP contribution in [0.4, 0.5) is 0 Å². The van der Waals surface area contributed by atoms with Crippen LogP contribution in [0.2, 0.25) is 0 Å². The van der Waals surface area contributed by atoms with Crippen molar-refractivity contribution in [3.05, 3.63) is 23.8 Å². The average molecular weight is 237 g/mol. The Bertz CT molecular complexity index is 418. The summed E-state index contributed by atoms with van der Waals surface area (Å²) < 4.78 is 11.0. The zero-order chi connectivity index (χ0) is 11.2. The van der Waals surface area contributed by atoms with E-state index in [1.165, 1.54) is 5.56 Å². The van der Waals surface area contributed by atoms with E-state index in [-0.39, 0.29) is 0 Å². The van der Waals surface area contributed by atoms with E-state index in [1.54, 1.807) is 0 Å². The lowest BCUT2D eigenvalue weighted by Crippen LogP contribution is -2.08. The van der Waals surface area contributed by atoms with Gasteiger partial charge in [0.15, 0.2) is 0 Å². The van der Waals surface area contributed by atoms with Gasteiger partial charge < -0.3 is 9.47 Å². The molecule has 0 radical (unpaired) electrons. The van der Waals surface area contributed by atoms with E-state index in [9.17, 15) is 0 Å². The third-order valence-corrected chi connectivity index (χ3v) is 2.52. The molecule has 84 valence electrons. The molecule has 0 spiro atoms. The molecule has 1 aromatic rings. The first-order chi connectivity index (χ1) is 7.90. The summed E-state index contributed by atoms with van der Waals surface area (Å²) in [4.78, 5) is 0. The van der Waals surface area contributed by atoms with E-state index in [4.69, 9.17) is 21.1 Å². The maximum Gasteiger partial charge on any atom is 0.149 e. The predicted molar refractivity (Wildman–Crippen MR) is 64.2 cm³/mol. The van der Waals surface area contributed by atoms with Crippen molar-refractivity contribution in [3.8, 4) is 23.3 Å². The van der Waals surface area contributed by atoms with Crippen molar-refractivity contribution in [3.63, 3.8) is 0 Å². The molecule has 1 aromatic carbocycles. The van der Waals surface area contributed by atoms with Gasteiger partial charge in [-0.25, -0.2) is 0 Å². The van der Waals surface area contributed by atoms with Crippen molar-refractivity contribution in [2.75, 3.05) is 19.1 Å². The summed E-state index contributed by atoms with van der Waals surface area (Å²) in [7, 11) is 0. The monoisotopic (exact) mass is 236 g/mol. The lowest BCUT2D eigenvalue weighted by Gasteiger charge is -2.17. The van der Waals surface area contributed by atoms with Crippen molar-refractivity contribution in [2.24, 2.45) is 0 Å². The van der Waals surface area contributed by atoms with Crippen LogP contribution in [0.5, 0.6) is 11.5 Å². The molecule has 0 aromatic heterocycles. The summed E-state index contributed by atoms with van der Waals surface area (Å²) in [5.74, 6) is 7.74. The quantitative estimate of drug-likeness (QED) is 0.581. The second-order valence-electron chi connectivity index (χ2n) is 3.50. The van der Waals surface area contributed by atoms with Crippen LogP contribution in [0.25, 0.3) is 0 Å². The molecule has 1 aliphatic heterocycles. The second-order valence-corrected chi connectivity index (χ2v) is 3.76. The van der Waals surface area contributed by atoms with Gasteiger partial charge >= 0.3 is 0 Å². The smallest absolute Gasteiger partial charge is 0.149 e. The largest absolute Gasteiger partial charge is 0.493 e. The molecule has 2 nitrogen and oxygen atoms in total. The highest BCUT2D eigenvalue weighted by Crippen LogP contribution is 2.28. The van der Waals surface area contributed by atoms with Gasteiger partial charge in [0.05, 0.1) is 12.5 Å². The molecule has 0 saturated heterocycles. The Hall–Kier alpha value is -1.33. The zero-order valence-corrected chi connectivity index (χ0v) is 9.72. The highest BCUT2D eigenvalue weighted by molar-refractivity contribution is 6.19. The van der Waals surface area contributed by atoms with Crippen molar-refractivity contribution < 1.29 is 9.47 Å². The van der Waals surface area contributed by atoms with Crippen molar-refractivity contribution in [2.45, 2.75) is 12.8 Å². The maximum atomic E-state index is 5.52. The number of hydrogen-bond donors (Lipinski definition) is 0. The zero-order valence-electron chi connectivity index (χ0n) is 8.96. The molecule has 0 saturated carbocycles. The van der Waals surface area contributed by atoms with E-state index >= 15 is 0 Å². The van der Waals surface area contributed by atoms with Crippen LogP contribution in [-0.2, 0) is 6.42 Å². The molecular weight excluding hydrogens is 224 g/mol. The van der Waals surface area contributed by atoms with E-state index in [0.717, 1.165) is 30.9 Å². The Morgan fingerprint density at radius 2 is 2.31 bits per heavy atom. The third kappa shape index (κ3) is 2.84. The molecular formula is C13H13ClO2. The van der Waals surface area contributed by atoms with E-state index in [0.29, 0.717) is 12.5 Å². The number of benzene rings is 1. The Morgan fingerprint density at radius 3 is 3.19 bits per heavy atom. The molecule has 0 amide bonds. The van der Waals surface area contributed by atoms with Crippen LogP contribution in [0, 0.1) is 11.8 Å². The van der Waals surface area contributed by atoms with Crippen LogP contribution in [0.1, 0.15) is 12.0 Å². The van der Waals surface area contributed by atoms with Gasteiger partial charge in [0.1, 0.15) is 18.1 Å². The molecule has 0 bridgehead atoms. The molecule has 2 rings (SSSR count). The molecule has 1 aliphatic rings. The van der Waals surface area contributed by atoms with Gasteiger partial charge in [-0.15, -0.1) is 11.6 Å². The van der Waals surface area contributed by atoms with Gasteiger partial charge in [0.2, 0.25) is 0 Å². The SMILES string of the molecule is ClCC#CCOc1ccc2c(c1)CCCO2. The topological polar surface area (TPSA) is 18.5 Å². The first-order valence-electron chi connectivity index (χ1n) is 5.30. The molecule has 16 heavy (non-hydrogen) atoms. The van der Waals surface area contributed by atoms with Crippen LogP contribution in [-0.4, -0.2) is 19.1 Å². The van der Waals surface area contributed by atoms with Gasteiger partial charge in [-0.3, -0.25) is 0 Å². The summed E-state index contributed by atoms with van der Waals surface area (Å²) in [6.07, 6.45) is 2.13. The predicted octanol–water partition coefficient (Wildman–Crippen LogP) is 2.63. The number of alkyl halides is 1. The highest BCUT2D eigenvalue weighted by Gasteiger charge is 2.10. The van der Waals surface area contributed by atoms with Crippen molar-refractivity contribution >= 4 is 11.6 Å². The summed E-state index contributed by atoms with van der Waals surface area (Å²) in [6.45, 7) is 1.20. The van der Waals surface area contributed by atoms with Gasteiger partial charge in [-0.2, -0.15) is 0 Å². The summed E-state index contributed by atoms with van der Waals surface area (Å²) in [6, 6.07) is 5.89. The molecule has 0 aliphatic carbocycles. The first kappa shape index (κ1) is 11.2. The minimum Gasteiger partial charge on any atom is -0.493 e.